The molecule has 0 aromatic heterocycles. The molecule has 5 heteroatoms. The maximum Gasteiger partial charge on any atom is 0.316 e. The molecule has 0 aliphatic heterocycles. The average molecular weight is 229 g/mol. The highest BCUT2D eigenvalue weighted by atomic mass is 35.5. The first-order valence-corrected chi connectivity index (χ1v) is 4.85. The Bertz CT molecular complexity index is 314. The Balaban J connectivity index is 2.30. The van der Waals surface area contributed by atoms with Crippen LogP contribution in [0.3, 0.4) is 0 Å². The van der Waals surface area contributed by atoms with Crippen molar-refractivity contribution in [3.63, 3.8) is 0 Å². The van der Waals surface area contributed by atoms with Gasteiger partial charge in [-0.3, -0.25) is 0 Å². The van der Waals surface area contributed by atoms with Crippen LogP contribution in [0.5, 0.6) is 0 Å². The zero-order valence-electron chi connectivity index (χ0n) is 8.42. The first-order valence-electron chi connectivity index (χ1n) is 4.47. The van der Waals surface area contributed by atoms with Crippen molar-refractivity contribution >= 4 is 17.6 Å². The zero-order chi connectivity index (χ0) is 11.1. The van der Waals surface area contributed by atoms with Gasteiger partial charge >= 0.3 is 6.03 Å². The van der Waals surface area contributed by atoms with Crippen LogP contribution in [0.25, 0.3) is 0 Å². The minimum absolute atomic E-state index is 0.201. The van der Waals surface area contributed by atoms with Crippen molar-refractivity contribution < 1.29 is 9.53 Å². The van der Waals surface area contributed by atoms with Crippen LogP contribution < -0.4 is 10.6 Å². The highest BCUT2D eigenvalue weighted by molar-refractivity contribution is 6.30. The number of hydrogen-bond donors (Lipinski definition) is 2. The quantitative estimate of drug-likeness (QED) is 0.772. The summed E-state index contributed by atoms with van der Waals surface area (Å²) >= 11 is 5.73. The normalized spacial score (nSPS) is 9.73. The maximum atomic E-state index is 11.1. The Labute approximate surface area is 93.6 Å². The van der Waals surface area contributed by atoms with E-state index in [1.165, 1.54) is 7.11 Å². The molecule has 0 heterocycles. The maximum absolute atomic E-state index is 11.1. The van der Waals surface area contributed by atoms with Crippen LogP contribution >= 0.6 is 11.6 Å². The molecule has 1 aromatic carbocycles. The van der Waals surface area contributed by atoms with Gasteiger partial charge in [0.15, 0.2) is 0 Å². The van der Waals surface area contributed by atoms with Gasteiger partial charge in [0.1, 0.15) is 6.73 Å². The number of ether oxygens (including phenoxy) is 1. The molecule has 1 rings (SSSR count). The summed E-state index contributed by atoms with van der Waals surface area (Å²) in [7, 11) is 1.51. The Morgan fingerprint density at radius 1 is 1.33 bits per heavy atom. The van der Waals surface area contributed by atoms with Gasteiger partial charge in [0, 0.05) is 18.7 Å². The fourth-order valence-electron chi connectivity index (χ4n) is 0.985. The monoisotopic (exact) mass is 228 g/mol. The number of nitrogens with one attached hydrogen (secondary N) is 2. The van der Waals surface area contributed by atoms with E-state index in [-0.39, 0.29) is 12.8 Å². The van der Waals surface area contributed by atoms with Gasteiger partial charge in [0.05, 0.1) is 0 Å². The Kier molecular flexibility index (Phi) is 4.93. The lowest BCUT2D eigenvalue weighted by molar-refractivity contribution is 0.172. The molecule has 82 valence electrons. The lowest BCUT2D eigenvalue weighted by Crippen LogP contribution is -2.36. The molecule has 0 bridgehead atoms. The average Bonchev–Trinajstić information content (AvgIpc) is 2.25. The van der Waals surface area contributed by atoms with Gasteiger partial charge in [-0.1, -0.05) is 23.7 Å². The van der Waals surface area contributed by atoms with Gasteiger partial charge in [-0.05, 0) is 17.7 Å². The lowest BCUT2D eigenvalue weighted by Gasteiger charge is -2.06. The molecular formula is C10H13ClN2O2. The minimum atomic E-state index is -0.258. The minimum Gasteiger partial charge on any atom is -0.364 e. The molecule has 2 N–H and O–H groups in total. The van der Waals surface area contributed by atoms with Crippen molar-refractivity contribution in [2.75, 3.05) is 13.8 Å². The number of rotatable bonds is 4. The van der Waals surface area contributed by atoms with Crippen LogP contribution in [0, 0.1) is 0 Å². The van der Waals surface area contributed by atoms with Gasteiger partial charge < -0.3 is 15.4 Å². The summed E-state index contributed by atoms with van der Waals surface area (Å²) in [5, 5.41) is 5.88. The predicted octanol–water partition coefficient (Wildman–Crippen LogP) is 1.74. The van der Waals surface area contributed by atoms with Gasteiger partial charge in [0.25, 0.3) is 0 Å². The predicted molar refractivity (Wildman–Crippen MR) is 58.7 cm³/mol. The van der Waals surface area contributed by atoms with Crippen molar-refractivity contribution in [1.29, 1.82) is 0 Å². The first kappa shape index (κ1) is 11.8. The summed E-state index contributed by atoms with van der Waals surface area (Å²) in [5.41, 5.74) is 0.993. The number of carbonyl (C=O) groups excluding carboxylic acids is 1. The second kappa shape index (κ2) is 6.27. The molecule has 0 fully saturated rings. The fourth-order valence-corrected chi connectivity index (χ4v) is 1.11. The second-order valence-electron chi connectivity index (χ2n) is 2.92. The fraction of sp³-hybridized carbons (Fsp3) is 0.300. The van der Waals surface area contributed by atoms with Crippen molar-refractivity contribution in [3.8, 4) is 0 Å². The Hall–Kier alpha value is -1.26. The zero-order valence-corrected chi connectivity index (χ0v) is 9.17. The summed E-state index contributed by atoms with van der Waals surface area (Å²) in [5.74, 6) is 0. The summed E-state index contributed by atoms with van der Waals surface area (Å²) in [6.45, 7) is 0.666. The Morgan fingerprint density at radius 3 is 2.60 bits per heavy atom. The van der Waals surface area contributed by atoms with E-state index in [9.17, 15) is 4.79 Å². The molecule has 0 unspecified atom stereocenters. The molecule has 0 aliphatic carbocycles. The van der Waals surface area contributed by atoms with E-state index in [4.69, 9.17) is 16.3 Å². The largest absolute Gasteiger partial charge is 0.364 e. The van der Waals surface area contributed by atoms with Crippen LogP contribution in [0.2, 0.25) is 5.02 Å². The number of methoxy groups -OCH3 is 1. The van der Waals surface area contributed by atoms with Crippen molar-refractivity contribution in [2.45, 2.75) is 6.54 Å². The number of amides is 2. The summed E-state index contributed by atoms with van der Waals surface area (Å²) in [4.78, 5) is 11.1. The van der Waals surface area contributed by atoms with E-state index in [1.54, 1.807) is 12.1 Å². The smallest absolute Gasteiger partial charge is 0.316 e. The van der Waals surface area contributed by atoms with Crippen molar-refractivity contribution in [3.05, 3.63) is 34.9 Å². The molecule has 0 radical (unpaired) electrons. The number of hydrogen-bond acceptors (Lipinski definition) is 2. The van der Waals surface area contributed by atoms with Gasteiger partial charge in [-0.25, -0.2) is 4.79 Å². The Morgan fingerprint density at radius 2 is 2.00 bits per heavy atom. The molecular weight excluding hydrogens is 216 g/mol. The van der Waals surface area contributed by atoms with E-state index >= 15 is 0 Å². The van der Waals surface area contributed by atoms with Crippen molar-refractivity contribution in [2.24, 2.45) is 0 Å². The summed E-state index contributed by atoms with van der Waals surface area (Å²) in [6, 6.07) is 7.03. The molecule has 0 saturated heterocycles. The standard InChI is InChI=1S/C10H13ClN2O2/c1-15-7-13-10(14)12-6-8-2-4-9(11)5-3-8/h2-5H,6-7H2,1H3,(H2,12,13,14). The third-order valence-corrected chi connectivity index (χ3v) is 2.00. The lowest BCUT2D eigenvalue weighted by atomic mass is 10.2. The van der Waals surface area contributed by atoms with Crippen LogP contribution in [0.1, 0.15) is 5.56 Å². The number of urea groups is 1. The van der Waals surface area contributed by atoms with E-state index in [0.717, 1.165) is 5.56 Å². The van der Waals surface area contributed by atoms with Crippen LogP contribution in [-0.2, 0) is 11.3 Å². The molecule has 2 amide bonds. The number of carbonyl (C=O) groups is 1. The SMILES string of the molecule is COCNC(=O)NCc1ccc(Cl)cc1. The highest BCUT2D eigenvalue weighted by Crippen LogP contribution is 2.08. The number of benzene rings is 1. The van der Waals surface area contributed by atoms with Crippen LogP contribution in [-0.4, -0.2) is 19.9 Å². The van der Waals surface area contributed by atoms with E-state index in [0.29, 0.717) is 11.6 Å². The molecule has 1 aromatic rings. The second-order valence-corrected chi connectivity index (χ2v) is 3.36. The molecule has 4 nitrogen and oxygen atoms in total. The van der Waals surface area contributed by atoms with E-state index in [2.05, 4.69) is 10.6 Å². The highest BCUT2D eigenvalue weighted by Gasteiger charge is 1.98. The first-order chi connectivity index (χ1) is 7.22. The van der Waals surface area contributed by atoms with E-state index in [1.807, 2.05) is 12.1 Å². The molecule has 0 spiro atoms. The van der Waals surface area contributed by atoms with Crippen LogP contribution in [0.15, 0.2) is 24.3 Å². The summed E-state index contributed by atoms with van der Waals surface area (Å²) in [6.07, 6.45) is 0. The summed E-state index contributed by atoms with van der Waals surface area (Å²) < 4.78 is 4.69. The molecule has 0 atom stereocenters. The third-order valence-electron chi connectivity index (χ3n) is 1.74. The number of halogens is 1. The van der Waals surface area contributed by atoms with Crippen LogP contribution in [0.4, 0.5) is 4.79 Å². The van der Waals surface area contributed by atoms with Gasteiger partial charge in [0.2, 0.25) is 0 Å². The topological polar surface area (TPSA) is 50.4 Å². The molecule has 0 aliphatic rings. The van der Waals surface area contributed by atoms with Crippen molar-refractivity contribution in [1.82, 2.24) is 10.6 Å². The third kappa shape index (κ3) is 4.67. The van der Waals surface area contributed by atoms with Gasteiger partial charge in [-0.2, -0.15) is 0 Å². The van der Waals surface area contributed by atoms with Gasteiger partial charge in [-0.15, -0.1) is 0 Å². The molecule has 15 heavy (non-hydrogen) atoms. The van der Waals surface area contributed by atoms with E-state index < -0.39 is 0 Å². The molecule has 0 saturated carbocycles.